The maximum atomic E-state index is 5.10. The number of hydrogen-bond acceptors (Lipinski definition) is 6. The van der Waals surface area contributed by atoms with E-state index < -0.39 is 0 Å². The lowest BCUT2D eigenvalue weighted by atomic mass is 10.1. The molecule has 0 aliphatic carbocycles. The molecule has 36 heavy (non-hydrogen) atoms. The summed E-state index contributed by atoms with van der Waals surface area (Å²) in [6.07, 6.45) is 10.8. The van der Waals surface area contributed by atoms with E-state index in [1.807, 2.05) is 30.7 Å². The number of aromatic amines is 1. The number of nitrogens with one attached hydrogen (secondary N) is 2. The van der Waals surface area contributed by atoms with Crippen molar-refractivity contribution in [2.24, 2.45) is 0 Å². The molecule has 2 aromatic carbocycles. The predicted molar refractivity (Wildman–Crippen MR) is 148 cm³/mol. The Morgan fingerprint density at radius 3 is 2.89 bits per heavy atom. The van der Waals surface area contributed by atoms with Gasteiger partial charge >= 0.3 is 0 Å². The van der Waals surface area contributed by atoms with Crippen LogP contribution in [-0.4, -0.2) is 49.9 Å². The zero-order chi connectivity index (χ0) is 23.9. The van der Waals surface area contributed by atoms with Crippen LogP contribution in [0.5, 0.6) is 0 Å². The van der Waals surface area contributed by atoms with E-state index in [2.05, 4.69) is 66.6 Å². The van der Waals surface area contributed by atoms with Crippen LogP contribution in [0.4, 0.5) is 5.69 Å². The first kappa shape index (κ1) is 21.9. The van der Waals surface area contributed by atoms with Crippen molar-refractivity contribution in [3.05, 3.63) is 61.2 Å². The summed E-state index contributed by atoms with van der Waals surface area (Å²) in [7, 11) is 0. The standard InChI is InChI=1S/C28H29N7S/c1-2-12-36-35(11-1)21-6-3-5-20(13-21)25-17-31-28-27(33-25)23(16-30-28)19-8-9-24-26(14-19)34(18-32-24)22-7-4-10-29-15-22/h3,5-6,8-9,13-14,16-18,22,29H,1-2,4,7,10-12,15H2,(H,30,31). The summed E-state index contributed by atoms with van der Waals surface area (Å²) in [6.45, 7) is 3.19. The zero-order valence-corrected chi connectivity index (χ0v) is 21.0. The van der Waals surface area contributed by atoms with Gasteiger partial charge in [0.05, 0.1) is 29.3 Å². The highest BCUT2D eigenvalue weighted by molar-refractivity contribution is 8.00. The van der Waals surface area contributed by atoms with Gasteiger partial charge in [-0.05, 0) is 74.0 Å². The molecule has 182 valence electrons. The smallest absolute Gasteiger partial charge is 0.156 e. The van der Waals surface area contributed by atoms with Crippen molar-refractivity contribution in [3.8, 4) is 22.4 Å². The van der Waals surface area contributed by atoms with Crippen LogP contribution in [0, 0.1) is 0 Å². The van der Waals surface area contributed by atoms with Crippen LogP contribution in [0.25, 0.3) is 44.6 Å². The van der Waals surface area contributed by atoms with E-state index in [-0.39, 0.29) is 0 Å². The molecule has 0 amide bonds. The van der Waals surface area contributed by atoms with Crippen LogP contribution in [0.3, 0.4) is 0 Å². The Bertz CT molecular complexity index is 1530. The van der Waals surface area contributed by atoms with Gasteiger partial charge in [0, 0.05) is 47.9 Å². The summed E-state index contributed by atoms with van der Waals surface area (Å²) in [5.41, 5.74) is 9.34. The van der Waals surface area contributed by atoms with Crippen molar-refractivity contribution in [3.63, 3.8) is 0 Å². The third kappa shape index (κ3) is 3.94. The van der Waals surface area contributed by atoms with Crippen LogP contribution >= 0.6 is 11.9 Å². The molecule has 5 aromatic rings. The van der Waals surface area contributed by atoms with Crippen LogP contribution in [0.2, 0.25) is 0 Å². The number of piperidine rings is 1. The molecule has 7 rings (SSSR count). The van der Waals surface area contributed by atoms with Crippen molar-refractivity contribution in [1.29, 1.82) is 0 Å². The molecule has 2 saturated heterocycles. The first-order valence-corrected chi connectivity index (χ1v) is 13.8. The molecular formula is C28H29N7S. The molecule has 0 spiro atoms. The molecule has 2 fully saturated rings. The van der Waals surface area contributed by atoms with E-state index in [0.717, 1.165) is 58.7 Å². The van der Waals surface area contributed by atoms with Crippen molar-refractivity contribution in [2.45, 2.75) is 31.7 Å². The van der Waals surface area contributed by atoms with Crippen molar-refractivity contribution >= 4 is 39.8 Å². The molecule has 0 radical (unpaired) electrons. The first-order valence-electron chi connectivity index (χ1n) is 12.9. The Balaban J connectivity index is 1.27. The maximum Gasteiger partial charge on any atom is 0.156 e. The number of imidazole rings is 1. The van der Waals surface area contributed by atoms with Gasteiger partial charge in [-0.1, -0.05) is 18.2 Å². The minimum Gasteiger partial charge on any atom is -0.344 e. The van der Waals surface area contributed by atoms with Crippen LogP contribution in [0.1, 0.15) is 31.7 Å². The molecule has 1 atom stereocenters. The summed E-state index contributed by atoms with van der Waals surface area (Å²) in [4.78, 5) is 17.8. The van der Waals surface area contributed by atoms with Gasteiger partial charge in [-0.15, -0.1) is 0 Å². The summed E-state index contributed by atoms with van der Waals surface area (Å²) in [5, 5.41) is 3.52. The molecule has 1 unspecified atom stereocenters. The van der Waals surface area contributed by atoms with Gasteiger partial charge in [0.15, 0.2) is 5.65 Å². The molecule has 8 heteroatoms. The lowest BCUT2D eigenvalue weighted by Crippen LogP contribution is -2.31. The van der Waals surface area contributed by atoms with Gasteiger partial charge in [-0.3, -0.25) is 0 Å². The normalized spacial score (nSPS) is 18.8. The number of nitrogens with zero attached hydrogens (tertiary/aromatic N) is 5. The summed E-state index contributed by atoms with van der Waals surface area (Å²) < 4.78 is 4.74. The van der Waals surface area contributed by atoms with Gasteiger partial charge in [0.25, 0.3) is 0 Å². The second-order valence-corrected chi connectivity index (χ2v) is 10.8. The SMILES string of the molecule is c1cc(-c2cnc3[nH]cc(-c4ccc5ncn(C6CCCNC6)c5c4)c3n2)cc(N2CCCCS2)c1. The number of aromatic nitrogens is 5. The molecule has 7 nitrogen and oxygen atoms in total. The predicted octanol–water partition coefficient (Wildman–Crippen LogP) is 5.81. The Labute approximate surface area is 214 Å². The summed E-state index contributed by atoms with van der Waals surface area (Å²) in [6, 6.07) is 15.6. The van der Waals surface area contributed by atoms with E-state index in [1.54, 1.807) is 0 Å². The van der Waals surface area contributed by atoms with Gasteiger partial charge in [0.1, 0.15) is 5.52 Å². The largest absolute Gasteiger partial charge is 0.344 e. The molecule has 0 saturated carbocycles. The fourth-order valence-corrected chi connectivity index (χ4v) is 6.50. The Kier molecular flexibility index (Phi) is 5.63. The fraction of sp³-hybridized carbons (Fsp3) is 0.321. The molecule has 2 aliphatic heterocycles. The molecule has 5 heterocycles. The first-order chi connectivity index (χ1) is 17.8. The van der Waals surface area contributed by atoms with E-state index in [9.17, 15) is 0 Å². The maximum absolute atomic E-state index is 5.10. The lowest BCUT2D eigenvalue weighted by molar-refractivity contribution is 0.378. The van der Waals surface area contributed by atoms with Gasteiger partial charge in [-0.25, -0.2) is 15.0 Å². The molecule has 0 bridgehead atoms. The number of hydrogen-bond donors (Lipinski definition) is 2. The molecular weight excluding hydrogens is 466 g/mol. The number of anilines is 1. The minimum absolute atomic E-state index is 0.443. The van der Waals surface area contributed by atoms with Gasteiger partial charge in [0.2, 0.25) is 0 Å². The van der Waals surface area contributed by atoms with E-state index in [4.69, 9.17) is 9.97 Å². The van der Waals surface area contributed by atoms with Crippen LogP contribution in [-0.2, 0) is 0 Å². The fourth-order valence-electron chi connectivity index (χ4n) is 5.43. The summed E-state index contributed by atoms with van der Waals surface area (Å²) in [5.74, 6) is 1.18. The monoisotopic (exact) mass is 495 g/mol. The Morgan fingerprint density at radius 2 is 2.00 bits per heavy atom. The van der Waals surface area contributed by atoms with Crippen molar-refractivity contribution in [2.75, 3.05) is 29.7 Å². The number of benzene rings is 2. The Morgan fingerprint density at radius 1 is 1.00 bits per heavy atom. The number of rotatable bonds is 4. The number of fused-ring (bicyclic) bond motifs is 2. The third-order valence-electron chi connectivity index (χ3n) is 7.36. The average molecular weight is 496 g/mol. The van der Waals surface area contributed by atoms with Crippen molar-refractivity contribution < 1.29 is 0 Å². The highest BCUT2D eigenvalue weighted by Gasteiger charge is 2.19. The zero-order valence-electron chi connectivity index (χ0n) is 20.2. The van der Waals surface area contributed by atoms with E-state index >= 15 is 0 Å². The molecule has 2 aliphatic rings. The van der Waals surface area contributed by atoms with E-state index in [1.165, 1.54) is 42.6 Å². The Hall–Kier alpha value is -3.36. The molecule has 2 N–H and O–H groups in total. The van der Waals surface area contributed by atoms with Gasteiger partial charge < -0.3 is 19.2 Å². The quantitative estimate of drug-likeness (QED) is 0.306. The highest BCUT2D eigenvalue weighted by Crippen LogP contribution is 2.34. The third-order valence-corrected chi connectivity index (χ3v) is 8.54. The average Bonchev–Trinajstić information content (AvgIpc) is 3.58. The van der Waals surface area contributed by atoms with Crippen molar-refractivity contribution in [1.82, 2.24) is 29.8 Å². The summed E-state index contributed by atoms with van der Waals surface area (Å²) >= 11 is 1.92. The van der Waals surface area contributed by atoms with Crippen LogP contribution < -0.4 is 9.62 Å². The lowest BCUT2D eigenvalue weighted by Gasteiger charge is -2.27. The molecule has 3 aromatic heterocycles. The topological polar surface area (TPSA) is 74.7 Å². The van der Waals surface area contributed by atoms with Gasteiger partial charge in [-0.2, -0.15) is 0 Å². The minimum atomic E-state index is 0.443. The highest BCUT2D eigenvalue weighted by atomic mass is 32.2. The second-order valence-electron chi connectivity index (χ2n) is 9.70. The van der Waals surface area contributed by atoms with E-state index in [0.29, 0.717) is 6.04 Å². The second kappa shape index (κ2) is 9.26. The van der Waals surface area contributed by atoms with Crippen LogP contribution in [0.15, 0.2) is 61.2 Å². The number of H-pyrrole nitrogens is 1.